The normalized spacial score (nSPS) is 20.6. The summed E-state index contributed by atoms with van der Waals surface area (Å²) in [6.45, 7) is 0.731. The number of para-hydroxylation sites is 2. The SMILES string of the molecule is CN1CC(n2c(=S)[nH]c3ccccc32)CCC1=O. The van der Waals surface area contributed by atoms with E-state index < -0.39 is 0 Å². The number of rotatable bonds is 1. The molecule has 1 fully saturated rings. The molecule has 0 saturated carbocycles. The Morgan fingerprint density at radius 2 is 2.17 bits per heavy atom. The minimum Gasteiger partial charge on any atom is -0.344 e. The van der Waals surface area contributed by atoms with E-state index in [1.165, 1.54) is 0 Å². The van der Waals surface area contributed by atoms with E-state index >= 15 is 0 Å². The van der Waals surface area contributed by atoms with Crippen molar-refractivity contribution in [1.82, 2.24) is 14.5 Å². The van der Waals surface area contributed by atoms with Gasteiger partial charge < -0.3 is 14.5 Å². The lowest BCUT2D eigenvalue weighted by Crippen LogP contribution is -2.37. The van der Waals surface area contributed by atoms with Gasteiger partial charge in [0.15, 0.2) is 4.77 Å². The van der Waals surface area contributed by atoms with Crippen LogP contribution in [0.2, 0.25) is 0 Å². The lowest BCUT2D eigenvalue weighted by molar-refractivity contribution is -0.132. The number of carbonyl (C=O) groups is 1. The highest BCUT2D eigenvalue weighted by atomic mass is 32.1. The van der Waals surface area contributed by atoms with Gasteiger partial charge in [-0.05, 0) is 30.8 Å². The second kappa shape index (κ2) is 4.24. The van der Waals surface area contributed by atoms with Crippen LogP contribution in [0.25, 0.3) is 11.0 Å². The standard InChI is InChI=1S/C13H15N3OS/c1-15-8-9(6-7-12(15)17)16-11-5-3-2-4-10(11)14-13(16)18/h2-5,9H,6-8H2,1H3,(H,14,18). The fourth-order valence-electron chi connectivity index (χ4n) is 2.64. The maximum absolute atomic E-state index is 11.5. The highest BCUT2D eigenvalue weighted by Gasteiger charge is 2.25. The highest BCUT2D eigenvalue weighted by molar-refractivity contribution is 7.71. The van der Waals surface area contributed by atoms with Crippen molar-refractivity contribution in [3.63, 3.8) is 0 Å². The molecular weight excluding hydrogens is 246 g/mol. The first-order chi connectivity index (χ1) is 8.66. The molecule has 1 atom stereocenters. The molecule has 1 unspecified atom stereocenters. The number of nitrogens with zero attached hydrogens (tertiary/aromatic N) is 2. The number of H-pyrrole nitrogens is 1. The number of likely N-dealkylation sites (N-methyl/N-ethyl adjacent to an activating group) is 1. The van der Waals surface area contributed by atoms with E-state index in [-0.39, 0.29) is 11.9 Å². The van der Waals surface area contributed by atoms with E-state index in [9.17, 15) is 4.79 Å². The van der Waals surface area contributed by atoms with Crippen molar-refractivity contribution in [1.29, 1.82) is 0 Å². The third kappa shape index (κ3) is 1.75. The lowest BCUT2D eigenvalue weighted by atomic mass is 10.1. The van der Waals surface area contributed by atoms with Gasteiger partial charge in [0.1, 0.15) is 0 Å². The molecule has 1 aliphatic heterocycles. The van der Waals surface area contributed by atoms with Crippen LogP contribution in [-0.2, 0) is 4.79 Å². The van der Waals surface area contributed by atoms with Crippen LogP contribution in [0.5, 0.6) is 0 Å². The first-order valence-electron chi connectivity index (χ1n) is 6.10. The summed E-state index contributed by atoms with van der Waals surface area (Å²) in [5.74, 6) is 0.220. The van der Waals surface area contributed by atoms with Crippen LogP contribution in [0.3, 0.4) is 0 Å². The van der Waals surface area contributed by atoms with Crippen molar-refractivity contribution in [2.45, 2.75) is 18.9 Å². The van der Waals surface area contributed by atoms with E-state index in [4.69, 9.17) is 12.2 Å². The van der Waals surface area contributed by atoms with Crippen molar-refractivity contribution in [3.8, 4) is 0 Å². The molecule has 2 heterocycles. The smallest absolute Gasteiger partial charge is 0.222 e. The third-order valence-corrected chi connectivity index (χ3v) is 3.89. The minimum atomic E-state index is 0.220. The van der Waals surface area contributed by atoms with Crippen molar-refractivity contribution >= 4 is 29.2 Å². The van der Waals surface area contributed by atoms with Gasteiger partial charge in [-0.1, -0.05) is 12.1 Å². The number of hydrogen-bond donors (Lipinski definition) is 1. The van der Waals surface area contributed by atoms with E-state index in [0.29, 0.717) is 6.42 Å². The van der Waals surface area contributed by atoms with Gasteiger partial charge in [-0.25, -0.2) is 0 Å². The maximum atomic E-state index is 11.5. The largest absolute Gasteiger partial charge is 0.344 e. The summed E-state index contributed by atoms with van der Waals surface area (Å²) in [4.78, 5) is 16.6. The topological polar surface area (TPSA) is 41.0 Å². The Bertz CT molecular complexity index is 658. The summed E-state index contributed by atoms with van der Waals surface area (Å²) < 4.78 is 2.89. The third-order valence-electron chi connectivity index (χ3n) is 3.59. The zero-order valence-electron chi connectivity index (χ0n) is 10.2. The molecule has 1 amide bonds. The number of nitrogens with one attached hydrogen (secondary N) is 1. The molecule has 1 aliphatic rings. The van der Waals surface area contributed by atoms with Crippen LogP contribution in [0.15, 0.2) is 24.3 Å². The first-order valence-corrected chi connectivity index (χ1v) is 6.51. The molecule has 0 aliphatic carbocycles. The molecule has 0 bridgehead atoms. The molecule has 5 heteroatoms. The number of likely N-dealkylation sites (tertiary alicyclic amines) is 1. The number of aromatic amines is 1. The summed E-state index contributed by atoms with van der Waals surface area (Å²) in [6, 6.07) is 8.38. The fourth-order valence-corrected chi connectivity index (χ4v) is 3.00. The minimum absolute atomic E-state index is 0.220. The van der Waals surface area contributed by atoms with Crippen molar-refractivity contribution in [2.24, 2.45) is 0 Å². The maximum Gasteiger partial charge on any atom is 0.222 e. The van der Waals surface area contributed by atoms with Gasteiger partial charge in [0.2, 0.25) is 5.91 Å². The van der Waals surface area contributed by atoms with Crippen LogP contribution in [0.4, 0.5) is 0 Å². The Labute approximate surface area is 110 Å². The van der Waals surface area contributed by atoms with E-state index in [2.05, 4.69) is 15.6 Å². The predicted octanol–water partition coefficient (Wildman–Crippen LogP) is 2.49. The molecule has 3 rings (SSSR count). The molecule has 0 radical (unpaired) electrons. The number of imidazole rings is 1. The zero-order chi connectivity index (χ0) is 12.7. The lowest BCUT2D eigenvalue weighted by Gasteiger charge is -2.30. The predicted molar refractivity (Wildman–Crippen MR) is 73.0 cm³/mol. The molecular formula is C13H15N3OS. The van der Waals surface area contributed by atoms with Crippen LogP contribution in [0, 0.1) is 4.77 Å². The van der Waals surface area contributed by atoms with Gasteiger partial charge in [-0.15, -0.1) is 0 Å². The Hall–Kier alpha value is -1.62. The summed E-state index contributed by atoms with van der Waals surface area (Å²) in [7, 11) is 1.85. The van der Waals surface area contributed by atoms with Crippen molar-refractivity contribution < 1.29 is 4.79 Å². The van der Waals surface area contributed by atoms with Gasteiger partial charge in [0.25, 0.3) is 0 Å². The Balaban J connectivity index is 2.07. The van der Waals surface area contributed by atoms with E-state index in [1.54, 1.807) is 4.90 Å². The number of carbonyl (C=O) groups excluding carboxylic acids is 1. The number of fused-ring (bicyclic) bond motifs is 1. The fraction of sp³-hybridized carbons (Fsp3) is 0.385. The van der Waals surface area contributed by atoms with E-state index in [1.807, 2.05) is 25.2 Å². The monoisotopic (exact) mass is 261 g/mol. The molecule has 4 nitrogen and oxygen atoms in total. The molecule has 0 spiro atoms. The van der Waals surface area contributed by atoms with Gasteiger partial charge in [-0.3, -0.25) is 4.79 Å². The molecule has 94 valence electrons. The molecule has 2 aromatic rings. The second-order valence-corrected chi connectivity index (χ2v) is 5.17. The van der Waals surface area contributed by atoms with Crippen molar-refractivity contribution in [3.05, 3.63) is 29.0 Å². The van der Waals surface area contributed by atoms with Gasteiger partial charge in [0.05, 0.1) is 17.1 Å². The van der Waals surface area contributed by atoms with Crippen LogP contribution in [-0.4, -0.2) is 34.0 Å². The number of hydrogen-bond acceptors (Lipinski definition) is 2. The summed E-state index contributed by atoms with van der Waals surface area (Å²) in [5.41, 5.74) is 2.18. The van der Waals surface area contributed by atoms with Crippen LogP contribution < -0.4 is 0 Å². The Kier molecular flexibility index (Phi) is 2.70. The van der Waals surface area contributed by atoms with Gasteiger partial charge in [0, 0.05) is 20.0 Å². The molecule has 1 N–H and O–H groups in total. The first kappa shape index (κ1) is 11.5. The van der Waals surface area contributed by atoms with Crippen LogP contribution >= 0.6 is 12.2 Å². The molecule has 1 aromatic carbocycles. The quantitative estimate of drug-likeness (QED) is 0.801. The summed E-state index contributed by atoms with van der Waals surface area (Å²) >= 11 is 5.41. The Morgan fingerprint density at radius 1 is 1.39 bits per heavy atom. The average Bonchev–Trinajstić information content (AvgIpc) is 2.69. The van der Waals surface area contributed by atoms with E-state index in [0.717, 1.165) is 28.8 Å². The summed E-state index contributed by atoms with van der Waals surface area (Å²) in [6.07, 6.45) is 1.46. The second-order valence-electron chi connectivity index (χ2n) is 4.78. The van der Waals surface area contributed by atoms with Crippen molar-refractivity contribution in [2.75, 3.05) is 13.6 Å². The summed E-state index contributed by atoms with van der Waals surface area (Å²) in [5, 5.41) is 0. The molecule has 18 heavy (non-hydrogen) atoms. The number of aromatic nitrogens is 2. The average molecular weight is 261 g/mol. The highest BCUT2D eigenvalue weighted by Crippen LogP contribution is 2.26. The van der Waals surface area contributed by atoms with Gasteiger partial charge in [-0.2, -0.15) is 0 Å². The van der Waals surface area contributed by atoms with Crippen LogP contribution in [0.1, 0.15) is 18.9 Å². The zero-order valence-corrected chi connectivity index (χ0v) is 11.0. The number of amides is 1. The molecule has 1 aromatic heterocycles. The number of benzene rings is 1. The Morgan fingerprint density at radius 3 is 2.94 bits per heavy atom. The van der Waals surface area contributed by atoms with Gasteiger partial charge >= 0.3 is 0 Å². The molecule has 1 saturated heterocycles. The number of piperidine rings is 1.